The Labute approximate surface area is 174 Å². The van der Waals surface area contributed by atoms with E-state index < -0.39 is 0 Å². The predicted octanol–water partition coefficient (Wildman–Crippen LogP) is 4.87. The Morgan fingerprint density at radius 2 is 1.70 bits per heavy atom. The summed E-state index contributed by atoms with van der Waals surface area (Å²) in [7, 11) is 3.13. The summed E-state index contributed by atoms with van der Waals surface area (Å²) in [6, 6.07) is 20.6. The van der Waals surface area contributed by atoms with Gasteiger partial charge < -0.3 is 14.8 Å². The molecule has 150 valence electrons. The fourth-order valence-electron chi connectivity index (χ4n) is 3.34. The third-order valence-corrected chi connectivity index (χ3v) is 4.85. The molecule has 1 amide bonds. The largest absolute Gasteiger partial charge is 0.497 e. The maximum absolute atomic E-state index is 13.5. The van der Waals surface area contributed by atoms with Crippen LogP contribution in [-0.2, 0) is 0 Å². The molecule has 0 aliphatic rings. The highest BCUT2D eigenvalue weighted by molar-refractivity contribution is 6.16. The molecule has 0 radical (unpaired) electrons. The number of aromatic nitrogens is 2. The molecule has 4 aromatic rings. The lowest BCUT2D eigenvalue weighted by Gasteiger charge is -2.15. The average molecular weight is 399 g/mol. The van der Waals surface area contributed by atoms with Crippen molar-refractivity contribution < 1.29 is 14.3 Å². The highest BCUT2D eigenvalue weighted by Gasteiger charge is 2.21. The van der Waals surface area contributed by atoms with E-state index in [2.05, 4.69) is 15.5 Å². The molecule has 6 nitrogen and oxygen atoms in total. The number of anilines is 1. The number of rotatable bonds is 5. The second kappa shape index (κ2) is 8.21. The maximum Gasteiger partial charge on any atom is 0.258 e. The molecular formula is C24H21N3O3. The Morgan fingerprint density at radius 1 is 0.900 bits per heavy atom. The van der Waals surface area contributed by atoms with Crippen LogP contribution in [0, 0.1) is 6.92 Å². The Bertz CT molecular complexity index is 1220. The first kappa shape index (κ1) is 19.4. The van der Waals surface area contributed by atoms with Crippen LogP contribution in [0.25, 0.3) is 22.2 Å². The van der Waals surface area contributed by atoms with E-state index in [-0.39, 0.29) is 5.91 Å². The second-order valence-corrected chi connectivity index (χ2v) is 6.83. The minimum atomic E-state index is -0.300. The third-order valence-electron chi connectivity index (χ3n) is 4.85. The zero-order valence-electron chi connectivity index (χ0n) is 17.0. The summed E-state index contributed by atoms with van der Waals surface area (Å²) in [6.45, 7) is 1.98. The molecule has 1 aromatic heterocycles. The molecule has 0 spiro atoms. The summed E-state index contributed by atoms with van der Waals surface area (Å²) < 4.78 is 10.7. The van der Waals surface area contributed by atoms with Gasteiger partial charge in [-0.25, -0.2) is 0 Å². The molecule has 0 aliphatic carbocycles. The minimum Gasteiger partial charge on any atom is -0.497 e. The molecule has 0 saturated heterocycles. The number of carbonyl (C=O) groups is 1. The highest BCUT2D eigenvalue weighted by atomic mass is 16.5. The average Bonchev–Trinajstić information content (AvgIpc) is 2.78. The number of ether oxygens (including phenoxy) is 2. The standard InChI is InChI=1S/C24H21N3O3/c1-15-9-11-19-18(13-15)22(23(27-26-19)16-7-5-4-6-8-16)24(28)25-20-14-17(29-2)10-12-21(20)30-3/h4-14H,1-3H3,(H,25,28). The van der Waals surface area contributed by atoms with Gasteiger partial charge >= 0.3 is 0 Å². The number of nitrogens with one attached hydrogen (secondary N) is 1. The zero-order valence-corrected chi connectivity index (χ0v) is 17.0. The fraction of sp³-hybridized carbons (Fsp3) is 0.125. The fourth-order valence-corrected chi connectivity index (χ4v) is 3.34. The van der Waals surface area contributed by atoms with Crippen molar-refractivity contribution in [2.75, 3.05) is 19.5 Å². The van der Waals surface area contributed by atoms with Crippen molar-refractivity contribution in [1.29, 1.82) is 0 Å². The Morgan fingerprint density at radius 3 is 2.43 bits per heavy atom. The molecule has 0 saturated carbocycles. The zero-order chi connectivity index (χ0) is 21.1. The summed E-state index contributed by atoms with van der Waals surface area (Å²) in [4.78, 5) is 13.5. The van der Waals surface area contributed by atoms with Gasteiger partial charge in [-0.05, 0) is 31.2 Å². The van der Waals surface area contributed by atoms with Crippen LogP contribution < -0.4 is 14.8 Å². The molecule has 0 unspecified atom stereocenters. The van der Waals surface area contributed by atoms with E-state index in [1.54, 1.807) is 32.4 Å². The number of benzene rings is 3. The van der Waals surface area contributed by atoms with Gasteiger partial charge in [0.1, 0.15) is 17.2 Å². The SMILES string of the molecule is COc1ccc(OC)c(NC(=O)c2c(-c3ccccc3)nnc3ccc(C)cc23)c1. The number of hydrogen-bond donors (Lipinski definition) is 1. The molecule has 1 N–H and O–H groups in total. The molecule has 0 bridgehead atoms. The van der Waals surface area contributed by atoms with Gasteiger partial charge in [0, 0.05) is 17.0 Å². The lowest BCUT2D eigenvalue weighted by molar-refractivity contribution is 0.102. The number of amides is 1. The highest BCUT2D eigenvalue weighted by Crippen LogP contribution is 2.32. The van der Waals surface area contributed by atoms with E-state index in [0.29, 0.717) is 34.0 Å². The quantitative estimate of drug-likeness (QED) is 0.518. The van der Waals surface area contributed by atoms with Gasteiger partial charge in [-0.1, -0.05) is 42.0 Å². The van der Waals surface area contributed by atoms with Gasteiger partial charge in [0.15, 0.2) is 0 Å². The summed E-state index contributed by atoms with van der Waals surface area (Å²) in [6.07, 6.45) is 0. The van der Waals surface area contributed by atoms with Gasteiger partial charge in [-0.15, -0.1) is 10.2 Å². The van der Waals surface area contributed by atoms with Crippen LogP contribution in [-0.4, -0.2) is 30.3 Å². The van der Waals surface area contributed by atoms with E-state index >= 15 is 0 Å². The molecule has 0 atom stereocenters. The van der Waals surface area contributed by atoms with Gasteiger partial charge in [-0.3, -0.25) is 4.79 Å². The van der Waals surface area contributed by atoms with Crippen molar-refractivity contribution in [2.45, 2.75) is 6.92 Å². The van der Waals surface area contributed by atoms with Crippen LogP contribution in [0.4, 0.5) is 5.69 Å². The molecule has 0 aliphatic heterocycles. The molecule has 1 heterocycles. The summed E-state index contributed by atoms with van der Waals surface area (Å²) in [5.74, 6) is 0.849. The van der Waals surface area contributed by atoms with E-state index in [9.17, 15) is 4.79 Å². The van der Waals surface area contributed by atoms with Crippen molar-refractivity contribution in [1.82, 2.24) is 10.2 Å². The van der Waals surface area contributed by atoms with Crippen molar-refractivity contribution >= 4 is 22.5 Å². The maximum atomic E-state index is 13.5. The molecular weight excluding hydrogens is 378 g/mol. The van der Waals surface area contributed by atoms with Crippen LogP contribution in [0.15, 0.2) is 66.7 Å². The molecule has 6 heteroatoms. The predicted molar refractivity (Wildman–Crippen MR) is 117 cm³/mol. The van der Waals surface area contributed by atoms with Gasteiger partial charge in [0.05, 0.1) is 31.0 Å². The smallest absolute Gasteiger partial charge is 0.258 e. The molecule has 30 heavy (non-hydrogen) atoms. The Hall–Kier alpha value is -3.93. The van der Waals surface area contributed by atoms with Crippen molar-refractivity contribution in [3.8, 4) is 22.8 Å². The number of methoxy groups -OCH3 is 2. The summed E-state index contributed by atoms with van der Waals surface area (Å²) in [5, 5.41) is 12.4. The van der Waals surface area contributed by atoms with E-state index in [0.717, 1.165) is 16.5 Å². The number of carbonyl (C=O) groups excluding carboxylic acids is 1. The minimum absolute atomic E-state index is 0.300. The lowest BCUT2D eigenvalue weighted by Crippen LogP contribution is -2.16. The summed E-state index contributed by atoms with van der Waals surface area (Å²) >= 11 is 0. The normalized spacial score (nSPS) is 10.6. The van der Waals surface area contributed by atoms with Crippen molar-refractivity contribution in [2.24, 2.45) is 0 Å². The van der Waals surface area contributed by atoms with Crippen LogP contribution in [0.3, 0.4) is 0 Å². The van der Waals surface area contributed by atoms with Crippen LogP contribution in [0.1, 0.15) is 15.9 Å². The van der Waals surface area contributed by atoms with Crippen molar-refractivity contribution in [3.05, 3.63) is 77.9 Å². The Balaban J connectivity index is 1.88. The first-order chi connectivity index (χ1) is 14.6. The summed E-state index contributed by atoms with van der Waals surface area (Å²) in [5.41, 5.74) is 3.99. The Kier molecular flexibility index (Phi) is 5.30. The topological polar surface area (TPSA) is 73.3 Å². The van der Waals surface area contributed by atoms with Gasteiger partial charge in [0.25, 0.3) is 5.91 Å². The molecule has 0 fully saturated rings. The number of aryl methyl sites for hydroxylation is 1. The van der Waals surface area contributed by atoms with Crippen molar-refractivity contribution in [3.63, 3.8) is 0 Å². The number of fused-ring (bicyclic) bond motifs is 1. The monoisotopic (exact) mass is 399 g/mol. The van der Waals surface area contributed by atoms with Crippen LogP contribution >= 0.6 is 0 Å². The lowest BCUT2D eigenvalue weighted by atomic mass is 10.00. The molecule has 4 rings (SSSR count). The van der Waals surface area contributed by atoms with E-state index in [1.807, 2.05) is 55.5 Å². The molecule has 3 aromatic carbocycles. The van der Waals surface area contributed by atoms with E-state index in [4.69, 9.17) is 9.47 Å². The van der Waals surface area contributed by atoms with Crippen LogP contribution in [0.2, 0.25) is 0 Å². The first-order valence-electron chi connectivity index (χ1n) is 9.46. The second-order valence-electron chi connectivity index (χ2n) is 6.83. The van der Waals surface area contributed by atoms with Gasteiger partial charge in [0.2, 0.25) is 0 Å². The third kappa shape index (κ3) is 3.67. The van der Waals surface area contributed by atoms with E-state index in [1.165, 1.54) is 0 Å². The first-order valence-corrected chi connectivity index (χ1v) is 9.46. The number of nitrogens with zero attached hydrogens (tertiary/aromatic N) is 2. The van der Waals surface area contributed by atoms with Crippen LogP contribution in [0.5, 0.6) is 11.5 Å². The number of hydrogen-bond acceptors (Lipinski definition) is 5. The van der Waals surface area contributed by atoms with Gasteiger partial charge in [-0.2, -0.15) is 0 Å².